The molecule has 0 unspecified atom stereocenters. The lowest BCUT2D eigenvalue weighted by atomic mass is 10.0. The van der Waals surface area contributed by atoms with Gasteiger partial charge in [0.25, 0.3) is 0 Å². The molecule has 0 radical (unpaired) electrons. The highest BCUT2D eigenvalue weighted by molar-refractivity contribution is 5.49. The van der Waals surface area contributed by atoms with Gasteiger partial charge in [-0.25, -0.2) is 0 Å². The molecule has 0 fully saturated rings. The van der Waals surface area contributed by atoms with Crippen molar-refractivity contribution in [3.8, 4) is 11.5 Å². The lowest BCUT2D eigenvalue weighted by molar-refractivity contribution is 0.368. The summed E-state index contributed by atoms with van der Waals surface area (Å²) in [6.07, 6.45) is 2.93. The Bertz CT molecular complexity index is 324. The SMILES string of the molecule is COc1c(O)ccc(C)c1CCCCN. The van der Waals surface area contributed by atoms with Gasteiger partial charge in [0.2, 0.25) is 0 Å². The first-order valence-electron chi connectivity index (χ1n) is 5.26. The molecule has 15 heavy (non-hydrogen) atoms. The third-order valence-corrected chi connectivity index (χ3v) is 2.56. The summed E-state index contributed by atoms with van der Waals surface area (Å²) in [6.45, 7) is 2.74. The summed E-state index contributed by atoms with van der Waals surface area (Å²) < 4.78 is 5.21. The van der Waals surface area contributed by atoms with Gasteiger partial charge < -0.3 is 15.6 Å². The van der Waals surface area contributed by atoms with Gasteiger partial charge in [-0.2, -0.15) is 0 Å². The van der Waals surface area contributed by atoms with E-state index >= 15 is 0 Å². The number of rotatable bonds is 5. The molecule has 1 aromatic rings. The normalized spacial score (nSPS) is 10.3. The smallest absolute Gasteiger partial charge is 0.163 e. The van der Waals surface area contributed by atoms with Crippen molar-refractivity contribution < 1.29 is 9.84 Å². The molecule has 0 amide bonds. The maximum atomic E-state index is 9.62. The topological polar surface area (TPSA) is 55.5 Å². The summed E-state index contributed by atoms with van der Waals surface area (Å²) in [5.74, 6) is 0.817. The molecule has 3 nitrogen and oxygen atoms in total. The first kappa shape index (κ1) is 11.9. The average Bonchev–Trinajstić information content (AvgIpc) is 2.23. The maximum absolute atomic E-state index is 9.62. The molecule has 0 spiro atoms. The molecule has 3 heteroatoms. The van der Waals surface area contributed by atoms with Gasteiger partial charge in [0.05, 0.1) is 7.11 Å². The fourth-order valence-electron chi connectivity index (χ4n) is 1.70. The van der Waals surface area contributed by atoms with Gasteiger partial charge in [0, 0.05) is 5.56 Å². The minimum absolute atomic E-state index is 0.214. The van der Waals surface area contributed by atoms with Crippen LogP contribution < -0.4 is 10.5 Å². The van der Waals surface area contributed by atoms with E-state index in [-0.39, 0.29) is 5.75 Å². The van der Waals surface area contributed by atoms with E-state index in [4.69, 9.17) is 10.5 Å². The fraction of sp³-hybridized carbons (Fsp3) is 0.500. The van der Waals surface area contributed by atoms with Crippen molar-refractivity contribution >= 4 is 0 Å². The van der Waals surface area contributed by atoms with Crippen LogP contribution in [0.3, 0.4) is 0 Å². The van der Waals surface area contributed by atoms with Crippen molar-refractivity contribution in [2.24, 2.45) is 5.73 Å². The van der Waals surface area contributed by atoms with Crippen LogP contribution in [0.25, 0.3) is 0 Å². The lowest BCUT2D eigenvalue weighted by Crippen LogP contribution is -2.01. The Hall–Kier alpha value is -1.22. The van der Waals surface area contributed by atoms with Crippen molar-refractivity contribution in [1.82, 2.24) is 0 Å². The fourth-order valence-corrected chi connectivity index (χ4v) is 1.70. The standard InChI is InChI=1S/C12H19NO2/c1-9-6-7-11(14)12(15-2)10(9)5-3-4-8-13/h6-7,14H,3-5,8,13H2,1-2H3. The number of phenolic OH excluding ortho intramolecular Hbond substituents is 1. The number of nitrogens with two attached hydrogens (primary N) is 1. The monoisotopic (exact) mass is 209 g/mol. The second kappa shape index (κ2) is 5.61. The second-order valence-electron chi connectivity index (χ2n) is 3.66. The zero-order valence-electron chi connectivity index (χ0n) is 9.42. The van der Waals surface area contributed by atoms with Gasteiger partial charge in [-0.15, -0.1) is 0 Å². The molecular formula is C12H19NO2. The Balaban J connectivity index is 2.87. The number of hydrogen-bond donors (Lipinski definition) is 2. The molecule has 0 saturated heterocycles. The van der Waals surface area contributed by atoms with Crippen LogP contribution in [0.2, 0.25) is 0 Å². The Morgan fingerprint density at radius 2 is 2.07 bits per heavy atom. The molecule has 0 atom stereocenters. The van der Waals surface area contributed by atoms with Gasteiger partial charge >= 0.3 is 0 Å². The van der Waals surface area contributed by atoms with E-state index in [0.29, 0.717) is 12.3 Å². The molecule has 1 aromatic carbocycles. The molecule has 0 heterocycles. The van der Waals surface area contributed by atoms with E-state index in [0.717, 1.165) is 30.4 Å². The number of hydrogen-bond acceptors (Lipinski definition) is 3. The van der Waals surface area contributed by atoms with Crippen molar-refractivity contribution in [3.05, 3.63) is 23.3 Å². The highest BCUT2D eigenvalue weighted by atomic mass is 16.5. The van der Waals surface area contributed by atoms with Crippen LogP contribution in [0.5, 0.6) is 11.5 Å². The number of aromatic hydroxyl groups is 1. The van der Waals surface area contributed by atoms with Crippen molar-refractivity contribution in [1.29, 1.82) is 0 Å². The maximum Gasteiger partial charge on any atom is 0.163 e. The first-order chi connectivity index (χ1) is 7.20. The quantitative estimate of drug-likeness (QED) is 0.729. The average molecular weight is 209 g/mol. The van der Waals surface area contributed by atoms with E-state index in [1.807, 2.05) is 13.0 Å². The van der Waals surface area contributed by atoms with Crippen LogP contribution in [-0.4, -0.2) is 18.8 Å². The highest BCUT2D eigenvalue weighted by Crippen LogP contribution is 2.33. The Morgan fingerprint density at radius 1 is 1.33 bits per heavy atom. The Morgan fingerprint density at radius 3 is 2.67 bits per heavy atom. The van der Waals surface area contributed by atoms with Crippen molar-refractivity contribution in [2.75, 3.05) is 13.7 Å². The van der Waals surface area contributed by atoms with E-state index in [1.165, 1.54) is 0 Å². The molecule has 1 rings (SSSR count). The Kier molecular flexibility index (Phi) is 4.43. The van der Waals surface area contributed by atoms with Crippen LogP contribution in [0.15, 0.2) is 12.1 Å². The van der Waals surface area contributed by atoms with E-state index in [9.17, 15) is 5.11 Å². The molecule has 0 saturated carbocycles. The third kappa shape index (κ3) is 2.86. The van der Waals surface area contributed by atoms with Crippen molar-refractivity contribution in [3.63, 3.8) is 0 Å². The summed E-state index contributed by atoms with van der Waals surface area (Å²) in [7, 11) is 1.58. The number of benzene rings is 1. The second-order valence-corrected chi connectivity index (χ2v) is 3.66. The number of methoxy groups -OCH3 is 1. The molecule has 0 aromatic heterocycles. The summed E-state index contributed by atoms with van der Waals surface area (Å²) >= 11 is 0. The third-order valence-electron chi connectivity index (χ3n) is 2.56. The molecule has 0 bridgehead atoms. The zero-order chi connectivity index (χ0) is 11.3. The minimum atomic E-state index is 0.214. The van der Waals surface area contributed by atoms with Gasteiger partial charge in [-0.1, -0.05) is 6.07 Å². The number of aryl methyl sites for hydroxylation is 1. The van der Waals surface area contributed by atoms with E-state index in [2.05, 4.69) is 0 Å². The van der Waals surface area contributed by atoms with Crippen LogP contribution >= 0.6 is 0 Å². The van der Waals surface area contributed by atoms with Crippen molar-refractivity contribution in [2.45, 2.75) is 26.2 Å². The number of unbranched alkanes of at least 4 members (excludes halogenated alkanes) is 1. The van der Waals surface area contributed by atoms with Gasteiger partial charge in [0.1, 0.15) is 0 Å². The first-order valence-corrected chi connectivity index (χ1v) is 5.26. The largest absolute Gasteiger partial charge is 0.504 e. The molecule has 84 valence electrons. The van der Waals surface area contributed by atoms with Gasteiger partial charge in [0.15, 0.2) is 11.5 Å². The zero-order valence-corrected chi connectivity index (χ0v) is 9.42. The van der Waals surface area contributed by atoms with E-state index < -0.39 is 0 Å². The summed E-state index contributed by atoms with van der Waals surface area (Å²) in [5, 5.41) is 9.62. The Labute approximate surface area is 90.9 Å². The van der Waals surface area contributed by atoms with Crippen LogP contribution in [0.4, 0.5) is 0 Å². The molecular weight excluding hydrogens is 190 g/mol. The molecule has 0 aliphatic rings. The van der Waals surface area contributed by atoms with Crippen LogP contribution in [0, 0.1) is 6.92 Å². The number of ether oxygens (including phenoxy) is 1. The predicted molar refractivity (Wildman–Crippen MR) is 61.4 cm³/mol. The summed E-state index contributed by atoms with van der Waals surface area (Å²) in [6, 6.07) is 3.58. The van der Waals surface area contributed by atoms with Gasteiger partial charge in [-0.3, -0.25) is 0 Å². The number of phenols is 1. The van der Waals surface area contributed by atoms with Crippen LogP contribution in [0.1, 0.15) is 24.0 Å². The molecule has 0 aliphatic carbocycles. The predicted octanol–water partition coefficient (Wildman–Crippen LogP) is 1.99. The highest BCUT2D eigenvalue weighted by Gasteiger charge is 2.10. The summed E-state index contributed by atoms with van der Waals surface area (Å²) in [5.41, 5.74) is 7.69. The van der Waals surface area contributed by atoms with Gasteiger partial charge in [-0.05, 0) is 44.4 Å². The van der Waals surface area contributed by atoms with Crippen LogP contribution in [-0.2, 0) is 6.42 Å². The molecule has 0 aliphatic heterocycles. The minimum Gasteiger partial charge on any atom is -0.504 e. The van der Waals surface area contributed by atoms with E-state index in [1.54, 1.807) is 13.2 Å². The lowest BCUT2D eigenvalue weighted by Gasteiger charge is -2.12. The molecule has 3 N–H and O–H groups in total. The summed E-state index contributed by atoms with van der Waals surface area (Å²) in [4.78, 5) is 0.